The molecule has 2 heterocycles. The van der Waals surface area contributed by atoms with Crippen LogP contribution in [0, 0.1) is 0 Å². The van der Waals surface area contributed by atoms with Gasteiger partial charge in [-0.15, -0.1) is 0 Å². The minimum Gasteiger partial charge on any atom is -0.496 e. The number of aliphatic hydroxyl groups excluding tert-OH is 1. The molecule has 2 aromatic rings. The van der Waals surface area contributed by atoms with Crippen LogP contribution in [0.3, 0.4) is 0 Å². The molecule has 0 spiro atoms. The Kier molecular flexibility index (Phi) is 6.54. The van der Waals surface area contributed by atoms with Gasteiger partial charge in [0.15, 0.2) is 9.84 Å². The topological polar surface area (TPSA) is 96.8 Å². The summed E-state index contributed by atoms with van der Waals surface area (Å²) >= 11 is 0. The van der Waals surface area contributed by atoms with Crippen molar-refractivity contribution in [2.45, 2.75) is 42.7 Å². The van der Waals surface area contributed by atoms with E-state index >= 15 is 0 Å². The lowest BCUT2D eigenvalue weighted by Gasteiger charge is -2.39. The second-order valence-electron chi connectivity index (χ2n) is 7.31. The van der Waals surface area contributed by atoms with Crippen LogP contribution in [0.1, 0.15) is 36.5 Å². The van der Waals surface area contributed by atoms with Crippen LogP contribution in [0.4, 0.5) is 0 Å². The van der Waals surface area contributed by atoms with Gasteiger partial charge < -0.3 is 14.7 Å². The molecule has 156 valence electrons. The van der Waals surface area contributed by atoms with E-state index in [2.05, 4.69) is 4.98 Å². The molecule has 1 fully saturated rings. The van der Waals surface area contributed by atoms with Gasteiger partial charge in [-0.2, -0.15) is 0 Å². The maximum atomic E-state index is 13.0. The number of pyridine rings is 1. The third-order valence-corrected chi connectivity index (χ3v) is 6.42. The van der Waals surface area contributed by atoms with E-state index in [1.54, 1.807) is 35.5 Å². The zero-order valence-electron chi connectivity index (χ0n) is 16.6. The molecule has 0 aliphatic carbocycles. The second-order valence-corrected chi connectivity index (χ2v) is 9.32. The summed E-state index contributed by atoms with van der Waals surface area (Å²) < 4.78 is 28.5. The van der Waals surface area contributed by atoms with E-state index in [1.807, 2.05) is 0 Å². The Morgan fingerprint density at radius 3 is 2.66 bits per heavy atom. The molecule has 1 aliphatic rings. The van der Waals surface area contributed by atoms with E-state index in [-0.39, 0.29) is 23.3 Å². The van der Waals surface area contributed by atoms with Crippen LogP contribution in [-0.4, -0.2) is 55.3 Å². The summed E-state index contributed by atoms with van der Waals surface area (Å²) in [6.07, 6.45) is 6.08. The molecule has 1 N–H and O–H groups in total. The van der Waals surface area contributed by atoms with Gasteiger partial charge in [-0.3, -0.25) is 9.78 Å². The first kappa shape index (κ1) is 21.3. The highest BCUT2D eigenvalue weighted by molar-refractivity contribution is 7.90. The number of likely N-dealkylation sites (tertiary alicyclic amines) is 1. The number of amides is 1. The Hall–Kier alpha value is -2.45. The highest BCUT2D eigenvalue weighted by Gasteiger charge is 2.34. The second kappa shape index (κ2) is 8.92. The van der Waals surface area contributed by atoms with E-state index in [1.165, 1.54) is 19.2 Å². The quantitative estimate of drug-likeness (QED) is 0.772. The Bertz CT molecular complexity index is 959. The molecule has 0 saturated carbocycles. The number of carbonyl (C=O) groups excluding carboxylic acids is 1. The molecular formula is C21H26N2O5S. The van der Waals surface area contributed by atoms with Gasteiger partial charge in [0, 0.05) is 30.8 Å². The van der Waals surface area contributed by atoms with E-state index in [4.69, 9.17) is 4.74 Å². The number of carbonyl (C=O) groups is 1. The zero-order valence-corrected chi connectivity index (χ0v) is 17.4. The van der Waals surface area contributed by atoms with Gasteiger partial charge in [0.25, 0.3) is 0 Å². The zero-order chi connectivity index (χ0) is 21.0. The number of sulfone groups is 1. The molecule has 1 amide bonds. The number of rotatable bonds is 6. The van der Waals surface area contributed by atoms with Gasteiger partial charge in [-0.05, 0) is 43.0 Å². The molecule has 1 aromatic carbocycles. The third kappa shape index (κ3) is 4.94. The molecule has 1 aliphatic heterocycles. The van der Waals surface area contributed by atoms with Crippen molar-refractivity contribution in [3.8, 4) is 5.75 Å². The van der Waals surface area contributed by atoms with Gasteiger partial charge in [-0.1, -0.05) is 12.1 Å². The SMILES string of the molecule is COc1ccncc1C(O)[C@H]1CCCCN1C(=O)Cc1ccc(S(C)(=O)=O)cc1. The normalized spacial score (nSPS) is 18.3. The Morgan fingerprint density at radius 1 is 1.28 bits per heavy atom. The largest absolute Gasteiger partial charge is 0.496 e. The van der Waals surface area contributed by atoms with Gasteiger partial charge in [0.05, 0.1) is 24.5 Å². The van der Waals surface area contributed by atoms with Crippen LogP contribution in [0.15, 0.2) is 47.6 Å². The van der Waals surface area contributed by atoms with Gasteiger partial charge in [0.2, 0.25) is 5.91 Å². The lowest BCUT2D eigenvalue weighted by atomic mass is 9.92. The molecule has 0 radical (unpaired) electrons. The highest BCUT2D eigenvalue weighted by atomic mass is 32.2. The lowest BCUT2D eigenvalue weighted by molar-refractivity contribution is -0.137. The van der Waals surface area contributed by atoms with Crippen molar-refractivity contribution in [3.05, 3.63) is 53.9 Å². The first-order chi connectivity index (χ1) is 13.8. The van der Waals surface area contributed by atoms with Crippen molar-refractivity contribution in [1.82, 2.24) is 9.88 Å². The van der Waals surface area contributed by atoms with E-state index < -0.39 is 15.9 Å². The number of piperidine rings is 1. The number of hydrogen-bond acceptors (Lipinski definition) is 6. The van der Waals surface area contributed by atoms with Gasteiger partial charge >= 0.3 is 0 Å². The molecular weight excluding hydrogens is 392 g/mol. The Morgan fingerprint density at radius 2 is 2.00 bits per heavy atom. The number of methoxy groups -OCH3 is 1. The fourth-order valence-electron chi connectivity index (χ4n) is 3.74. The molecule has 0 bridgehead atoms. The summed E-state index contributed by atoms with van der Waals surface area (Å²) in [4.78, 5) is 19.0. The summed E-state index contributed by atoms with van der Waals surface area (Å²) in [6, 6.07) is 7.69. The predicted octanol–water partition coefficient (Wildman–Crippen LogP) is 2.15. The first-order valence-corrected chi connectivity index (χ1v) is 11.4. The molecule has 29 heavy (non-hydrogen) atoms. The molecule has 1 saturated heterocycles. The van der Waals surface area contributed by atoms with E-state index in [9.17, 15) is 18.3 Å². The van der Waals surface area contributed by atoms with Crippen molar-refractivity contribution in [2.24, 2.45) is 0 Å². The molecule has 7 nitrogen and oxygen atoms in total. The summed E-state index contributed by atoms with van der Waals surface area (Å²) in [6.45, 7) is 0.574. The third-order valence-electron chi connectivity index (χ3n) is 5.29. The highest BCUT2D eigenvalue weighted by Crippen LogP contribution is 2.33. The number of aromatic nitrogens is 1. The number of benzene rings is 1. The van der Waals surface area contributed by atoms with Crippen LogP contribution in [0.5, 0.6) is 5.75 Å². The van der Waals surface area contributed by atoms with Crippen LogP contribution in [0.2, 0.25) is 0 Å². The monoisotopic (exact) mass is 418 g/mol. The van der Waals surface area contributed by atoms with Crippen molar-refractivity contribution in [2.75, 3.05) is 19.9 Å². The lowest BCUT2D eigenvalue weighted by Crippen LogP contribution is -2.47. The van der Waals surface area contributed by atoms with Crippen LogP contribution < -0.4 is 4.74 Å². The molecule has 1 aromatic heterocycles. The summed E-state index contributed by atoms with van der Waals surface area (Å²) in [5, 5.41) is 11.0. The molecule has 1 unspecified atom stereocenters. The smallest absolute Gasteiger partial charge is 0.227 e. The fourth-order valence-corrected chi connectivity index (χ4v) is 4.37. The molecule has 8 heteroatoms. The van der Waals surface area contributed by atoms with Crippen molar-refractivity contribution >= 4 is 15.7 Å². The van der Waals surface area contributed by atoms with Crippen LogP contribution in [-0.2, 0) is 21.1 Å². The minimum absolute atomic E-state index is 0.0938. The number of aliphatic hydroxyl groups is 1. The van der Waals surface area contributed by atoms with Crippen LogP contribution >= 0.6 is 0 Å². The van der Waals surface area contributed by atoms with E-state index in [0.717, 1.165) is 24.7 Å². The Labute approximate surface area is 171 Å². The van der Waals surface area contributed by atoms with E-state index in [0.29, 0.717) is 24.3 Å². The molecule has 3 rings (SSSR count). The maximum Gasteiger partial charge on any atom is 0.227 e. The van der Waals surface area contributed by atoms with Crippen molar-refractivity contribution in [1.29, 1.82) is 0 Å². The maximum absolute atomic E-state index is 13.0. The summed E-state index contributed by atoms with van der Waals surface area (Å²) in [5.74, 6) is 0.450. The van der Waals surface area contributed by atoms with Crippen molar-refractivity contribution in [3.63, 3.8) is 0 Å². The van der Waals surface area contributed by atoms with Gasteiger partial charge in [-0.25, -0.2) is 8.42 Å². The first-order valence-electron chi connectivity index (χ1n) is 9.55. The van der Waals surface area contributed by atoms with Crippen LogP contribution in [0.25, 0.3) is 0 Å². The standard InChI is InChI=1S/C21H26N2O5S/c1-28-19-10-11-22-14-17(19)21(25)18-5-3-4-12-23(18)20(24)13-15-6-8-16(9-7-15)29(2,26)27/h6-11,14,18,21,25H,3-5,12-13H2,1-2H3/t18-,21?/m1/s1. The van der Waals surface area contributed by atoms with Crippen molar-refractivity contribution < 1.29 is 23.1 Å². The average Bonchev–Trinajstić information content (AvgIpc) is 2.73. The molecule has 2 atom stereocenters. The number of nitrogens with zero attached hydrogens (tertiary/aromatic N) is 2. The predicted molar refractivity (Wildman–Crippen MR) is 108 cm³/mol. The average molecular weight is 419 g/mol. The minimum atomic E-state index is -3.27. The fraction of sp³-hybridized carbons (Fsp3) is 0.429. The Balaban J connectivity index is 1.77. The summed E-state index contributed by atoms with van der Waals surface area (Å²) in [7, 11) is -1.73. The summed E-state index contributed by atoms with van der Waals surface area (Å²) in [5.41, 5.74) is 1.30. The number of hydrogen-bond donors (Lipinski definition) is 1. The van der Waals surface area contributed by atoms with Gasteiger partial charge in [0.1, 0.15) is 11.9 Å². The number of ether oxygens (including phenoxy) is 1.